The Hall–Kier alpha value is -2.48. The molecule has 196 valence electrons. The Balaban J connectivity index is 1.30. The highest BCUT2D eigenvalue weighted by Crippen LogP contribution is 2.59. The summed E-state index contributed by atoms with van der Waals surface area (Å²) in [4.78, 5) is 0. The molecule has 2 atom stereocenters. The number of benzene rings is 2. The van der Waals surface area contributed by atoms with Crippen LogP contribution in [0, 0.1) is 22.7 Å². The summed E-state index contributed by atoms with van der Waals surface area (Å²) in [6.45, 7) is 0.488. The van der Waals surface area contributed by atoms with E-state index in [9.17, 15) is 18.8 Å². The van der Waals surface area contributed by atoms with Crippen molar-refractivity contribution in [3.8, 4) is 23.3 Å². The third-order valence-corrected chi connectivity index (χ3v) is 8.58. The number of alkyl halides is 1. The van der Waals surface area contributed by atoms with Crippen LogP contribution in [0.2, 0.25) is 5.02 Å². The zero-order valence-corrected chi connectivity index (χ0v) is 22.5. The van der Waals surface area contributed by atoms with Gasteiger partial charge in [-0.25, -0.2) is 13.1 Å². The molecule has 3 fully saturated rings. The minimum absolute atomic E-state index is 0.00224. The molecule has 0 amide bonds. The van der Waals surface area contributed by atoms with Crippen LogP contribution in [0.4, 0.5) is 0 Å². The van der Waals surface area contributed by atoms with Gasteiger partial charge in [0.15, 0.2) is 5.75 Å². The number of fused-ring (bicyclic) bond motifs is 2. The molecule has 2 N–H and O–H groups in total. The highest BCUT2D eigenvalue weighted by atomic mass is 35.5. The maximum Gasteiger partial charge on any atom is 0.208 e. The van der Waals surface area contributed by atoms with Gasteiger partial charge in [-0.2, -0.15) is 5.26 Å². The van der Waals surface area contributed by atoms with Gasteiger partial charge < -0.3 is 19.1 Å². The second kappa shape index (κ2) is 10.0. The minimum Gasteiger partial charge on any atom is -0.493 e. The third-order valence-electron chi connectivity index (χ3n) is 7.21. The molecule has 1 aromatic heterocycles. The average molecular weight is 564 g/mol. The Labute approximate surface area is 225 Å². The van der Waals surface area contributed by atoms with Crippen LogP contribution < -0.4 is 14.2 Å². The molecule has 3 aliphatic carbocycles. The molecule has 6 rings (SSSR count). The first kappa shape index (κ1) is 26.1. The molecule has 8 nitrogen and oxygen atoms in total. The number of rotatable bonds is 10. The van der Waals surface area contributed by atoms with Crippen molar-refractivity contribution in [2.45, 2.75) is 31.4 Å². The molecule has 0 aliphatic heterocycles. The Kier molecular flexibility index (Phi) is 7.07. The standard InChI is InChI=1S/C26H27Cl2N3O5S/c1-37(33,34)30-23-11-26(9-18(23)10-26)15-36-21-2-3-24-16(7-21)4-5-31(24)19-6-17(13-29)25(22(28)8-19)35-14-20(32)12-27/h2-8,18,20,23,30,32H,9-12,14-15H2,1H3. The molecule has 0 radical (unpaired) electrons. The Morgan fingerprint density at radius 2 is 2.03 bits per heavy atom. The number of sulfonamides is 1. The van der Waals surface area contributed by atoms with Crippen molar-refractivity contribution in [1.82, 2.24) is 9.29 Å². The van der Waals surface area contributed by atoms with E-state index in [1.165, 1.54) is 6.26 Å². The summed E-state index contributed by atoms with van der Waals surface area (Å²) in [5.41, 5.74) is 1.90. The summed E-state index contributed by atoms with van der Waals surface area (Å²) in [6, 6.07) is 13.3. The SMILES string of the molecule is CS(=O)(=O)NC1CC2(COc3ccc4c(ccn4-c4cc(Cl)c(OCC(O)CCl)c(C#N)c4)c3)CC1C2. The van der Waals surface area contributed by atoms with E-state index in [-0.39, 0.29) is 40.3 Å². The number of aliphatic hydroxyl groups excluding tert-OH is 1. The summed E-state index contributed by atoms with van der Waals surface area (Å²) in [5, 5.41) is 20.5. The van der Waals surface area contributed by atoms with Crippen molar-refractivity contribution in [2.24, 2.45) is 11.3 Å². The molecule has 3 aliphatic rings. The normalized spacial score (nSPS) is 23.4. The van der Waals surface area contributed by atoms with Crippen molar-refractivity contribution >= 4 is 44.1 Å². The zero-order chi connectivity index (χ0) is 26.4. The largest absolute Gasteiger partial charge is 0.493 e. The lowest BCUT2D eigenvalue weighted by Crippen LogP contribution is -2.37. The molecule has 3 saturated carbocycles. The molecule has 3 aromatic rings. The number of nitrogens with zero attached hydrogens (tertiary/aromatic N) is 2. The minimum atomic E-state index is -3.21. The van der Waals surface area contributed by atoms with Crippen molar-refractivity contribution in [2.75, 3.05) is 25.3 Å². The van der Waals surface area contributed by atoms with Gasteiger partial charge in [0.2, 0.25) is 10.0 Å². The average Bonchev–Trinajstić information content (AvgIpc) is 3.50. The predicted molar refractivity (Wildman–Crippen MR) is 142 cm³/mol. The number of nitrogens with one attached hydrogen (secondary N) is 1. The van der Waals surface area contributed by atoms with Gasteiger partial charge in [0.1, 0.15) is 24.5 Å². The number of aromatic nitrogens is 1. The molecule has 2 unspecified atom stereocenters. The molecule has 2 aromatic carbocycles. The lowest BCUT2D eigenvalue weighted by molar-refractivity contribution is 0.0684. The monoisotopic (exact) mass is 563 g/mol. The molecule has 11 heteroatoms. The second-order valence-corrected chi connectivity index (χ2v) is 12.6. The number of hydrogen-bond donors (Lipinski definition) is 2. The lowest BCUT2D eigenvalue weighted by atomic mass is 9.70. The summed E-state index contributed by atoms with van der Waals surface area (Å²) < 4.78 is 39.6. The van der Waals surface area contributed by atoms with E-state index in [1.807, 2.05) is 35.0 Å². The number of hydrogen-bond acceptors (Lipinski definition) is 6. The fraction of sp³-hybridized carbons (Fsp3) is 0.423. The highest BCUT2D eigenvalue weighted by Gasteiger charge is 2.56. The first-order valence-electron chi connectivity index (χ1n) is 11.9. The third kappa shape index (κ3) is 5.40. The first-order chi connectivity index (χ1) is 17.6. The number of halogens is 2. The topological polar surface area (TPSA) is 114 Å². The van der Waals surface area contributed by atoms with Gasteiger partial charge in [-0.05, 0) is 61.6 Å². The molecule has 2 bridgehead atoms. The van der Waals surface area contributed by atoms with Crippen LogP contribution in [0.15, 0.2) is 42.6 Å². The van der Waals surface area contributed by atoms with Crippen molar-refractivity contribution in [3.05, 3.63) is 53.2 Å². The number of ether oxygens (including phenoxy) is 2. The lowest BCUT2D eigenvalue weighted by Gasteiger charge is -2.38. The van der Waals surface area contributed by atoms with Gasteiger partial charge in [-0.15, -0.1) is 11.6 Å². The second-order valence-electron chi connectivity index (χ2n) is 10.1. The van der Waals surface area contributed by atoms with Crippen LogP contribution in [0.5, 0.6) is 11.5 Å². The highest BCUT2D eigenvalue weighted by molar-refractivity contribution is 7.88. The molecule has 0 spiro atoms. The quantitative estimate of drug-likeness (QED) is 0.357. The Morgan fingerprint density at radius 3 is 2.73 bits per heavy atom. The van der Waals surface area contributed by atoms with Crippen LogP contribution >= 0.6 is 23.2 Å². The molecule has 1 heterocycles. The van der Waals surface area contributed by atoms with Crippen LogP contribution in [0.3, 0.4) is 0 Å². The molecular weight excluding hydrogens is 537 g/mol. The van der Waals surface area contributed by atoms with Crippen LogP contribution in [0.25, 0.3) is 16.6 Å². The molecular formula is C26H27Cl2N3O5S. The van der Waals surface area contributed by atoms with E-state index in [0.29, 0.717) is 18.2 Å². The Bertz CT molecular complexity index is 1480. The van der Waals surface area contributed by atoms with Gasteiger partial charge in [0.25, 0.3) is 0 Å². The van der Waals surface area contributed by atoms with E-state index in [1.54, 1.807) is 12.1 Å². The van der Waals surface area contributed by atoms with Gasteiger partial charge in [0, 0.05) is 28.7 Å². The fourth-order valence-corrected chi connectivity index (χ4v) is 6.75. The van der Waals surface area contributed by atoms with Gasteiger partial charge in [-0.3, -0.25) is 0 Å². The first-order valence-corrected chi connectivity index (χ1v) is 14.7. The summed E-state index contributed by atoms with van der Waals surface area (Å²) in [7, 11) is -3.21. The smallest absolute Gasteiger partial charge is 0.208 e. The van der Waals surface area contributed by atoms with Crippen LogP contribution in [-0.4, -0.2) is 55.6 Å². The van der Waals surface area contributed by atoms with E-state index >= 15 is 0 Å². The number of aliphatic hydroxyl groups is 1. The van der Waals surface area contributed by atoms with Gasteiger partial charge in [0.05, 0.1) is 34.8 Å². The van der Waals surface area contributed by atoms with E-state index in [0.717, 1.165) is 35.9 Å². The maximum absolute atomic E-state index is 11.6. The summed E-state index contributed by atoms with van der Waals surface area (Å²) in [6.07, 6.45) is 5.00. The molecule has 0 saturated heterocycles. The van der Waals surface area contributed by atoms with Crippen LogP contribution in [0.1, 0.15) is 24.8 Å². The zero-order valence-electron chi connectivity index (χ0n) is 20.2. The summed E-state index contributed by atoms with van der Waals surface area (Å²) >= 11 is 12.1. The predicted octanol–water partition coefficient (Wildman–Crippen LogP) is 4.23. The number of nitriles is 1. The van der Waals surface area contributed by atoms with E-state index in [2.05, 4.69) is 10.8 Å². The van der Waals surface area contributed by atoms with Crippen molar-refractivity contribution in [3.63, 3.8) is 0 Å². The van der Waals surface area contributed by atoms with E-state index < -0.39 is 16.1 Å². The van der Waals surface area contributed by atoms with E-state index in [4.69, 9.17) is 32.7 Å². The van der Waals surface area contributed by atoms with Gasteiger partial charge in [-0.1, -0.05) is 11.6 Å². The van der Waals surface area contributed by atoms with Crippen molar-refractivity contribution < 1.29 is 23.0 Å². The van der Waals surface area contributed by atoms with Gasteiger partial charge >= 0.3 is 0 Å². The maximum atomic E-state index is 11.6. The Morgan fingerprint density at radius 1 is 1.24 bits per heavy atom. The molecule has 37 heavy (non-hydrogen) atoms. The summed E-state index contributed by atoms with van der Waals surface area (Å²) in [5.74, 6) is 1.37. The fourth-order valence-electron chi connectivity index (χ4n) is 5.57. The van der Waals surface area contributed by atoms with Crippen molar-refractivity contribution in [1.29, 1.82) is 5.26 Å². The van der Waals surface area contributed by atoms with Crippen LogP contribution in [-0.2, 0) is 10.0 Å².